The number of furan rings is 1. The molecule has 24 heavy (non-hydrogen) atoms. The van der Waals surface area contributed by atoms with E-state index in [4.69, 9.17) is 4.42 Å². The molecule has 1 heterocycles. The van der Waals surface area contributed by atoms with E-state index in [9.17, 15) is 4.79 Å². The van der Waals surface area contributed by atoms with Crippen LogP contribution in [0, 0.1) is 0 Å². The first-order chi connectivity index (χ1) is 11.8. The van der Waals surface area contributed by atoms with Crippen LogP contribution in [0.15, 0.2) is 71.3 Å². The van der Waals surface area contributed by atoms with Gasteiger partial charge >= 0.3 is 5.97 Å². The van der Waals surface area contributed by atoms with Crippen LogP contribution < -0.4 is 5.32 Å². The van der Waals surface area contributed by atoms with Crippen LogP contribution in [0.1, 0.15) is 16.1 Å². The quantitative estimate of drug-likeness (QED) is 0.684. The van der Waals surface area contributed by atoms with Crippen LogP contribution in [-0.2, 0) is 11.2 Å². The zero-order chi connectivity index (χ0) is 16.8. The smallest absolute Gasteiger partial charge is 0.376 e. The van der Waals surface area contributed by atoms with E-state index in [1.165, 1.54) is 30.1 Å². The Morgan fingerprint density at radius 1 is 1.00 bits per heavy atom. The van der Waals surface area contributed by atoms with Crippen molar-refractivity contribution >= 4 is 11.7 Å². The van der Waals surface area contributed by atoms with Crippen LogP contribution in [0.25, 0.3) is 11.1 Å². The molecule has 0 unspecified atom stereocenters. The topological polar surface area (TPSA) is 51.5 Å². The summed E-state index contributed by atoms with van der Waals surface area (Å²) in [4.78, 5) is 11.5. The van der Waals surface area contributed by atoms with E-state index < -0.39 is 5.97 Å². The molecule has 0 spiro atoms. The zero-order valence-corrected chi connectivity index (χ0v) is 13.5. The fourth-order valence-electron chi connectivity index (χ4n) is 2.54. The zero-order valence-electron chi connectivity index (χ0n) is 13.5. The molecule has 1 aromatic heterocycles. The largest absolute Gasteiger partial charge is 0.463 e. The number of esters is 1. The van der Waals surface area contributed by atoms with E-state index in [1.807, 2.05) is 18.2 Å². The standard InChI is InChI=1S/C20H19NO3/c1-23-20(22)19-18(12-14-24-19)21-13-11-15-7-9-17(10-8-15)16-5-3-2-4-6-16/h2-10,12,14,21H,11,13H2,1H3. The molecule has 0 saturated heterocycles. The van der Waals surface area contributed by atoms with Gasteiger partial charge in [0, 0.05) is 12.6 Å². The maximum absolute atomic E-state index is 11.5. The molecule has 0 radical (unpaired) electrons. The summed E-state index contributed by atoms with van der Waals surface area (Å²) in [7, 11) is 1.34. The lowest BCUT2D eigenvalue weighted by molar-refractivity contribution is 0.0566. The Hall–Kier alpha value is -3.01. The van der Waals surface area contributed by atoms with Crippen molar-refractivity contribution in [3.05, 3.63) is 78.3 Å². The van der Waals surface area contributed by atoms with Gasteiger partial charge in [-0.05, 0) is 23.1 Å². The molecule has 3 rings (SSSR count). The van der Waals surface area contributed by atoms with Crippen LogP contribution in [0.5, 0.6) is 0 Å². The molecule has 0 saturated carbocycles. The van der Waals surface area contributed by atoms with E-state index in [2.05, 4.69) is 46.5 Å². The van der Waals surface area contributed by atoms with E-state index in [0.29, 0.717) is 12.2 Å². The molecule has 3 aromatic rings. The predicted octanol–water partition coefficient (Wildman–Crippen LogP) is 4.39. The summed E-state index contributed by atoms with van der Waals surface area (Å²) in [5.41, 5.74) is 4.30. The maximum atomic E-state index is 11.5. The molecule has 0 aliphatic carbocycles. The number of benzene rings is 2. The third-order valence-electron chi connectivity index (χ3n) is 3.83. The third-order valence-corrected chi connectivity index (χ3v) is 3.83. The van der Waals surface area contributed by atoms with Gasteiger partial charge in [0.25, 0.3) is 0 Å². The van der Waals surface area contributed by atoms with Crippen LogP contribution >= 0.6 is 0 Å². The van der Waals surface area contributed by atoms with Gasteiger partial charge in [0.15, 0.2) is 0 Å². The molecule has 0 amide bonds. The van der Waals surface area contributed by atoms with Crippen LogP contribution in [-0.4, -0.2) is 19.6 Å². The van der Waals surface area contributed by atoms with E-state index in [0.717, 1.165) is 6.42 Å². The van der Waals surface area contributed by atoms with Gasteiger partial charge in [-0.25, -0.2) is 4.79 Å². The Kier molecular flexibility index (Phi) is 4.96. The maximum Gasteiger partial charge on any atom is 0.376 e. The Labute approximate surface area is 141 Å². The highest BCUT2D eigenvalue weighted by Gasteiger charge is 2.15. The summed E-state index contributed by atoms with van der Waals surface area (Å²) in [6, 6.07) is 20.5. The summed E-state index contributed by atoms with van der Waals surface area (Å²) >= 11 is 0. The molecular weight excluding hydrogens is 302 g/mol. The monoisotopic (exact) mass is 321 g/mol. The van der Waals surface area contributed by atoms with E-state index in [-0.39, 0.29) is 5.76 Å². The van der Waals surface area contributed by atoms with Gasteiger partial charge in [-0.2, -0.15) is 0 Å². The van der Waals surface area contributed by atoms with Crippen LogP contribution in [0.2, 0.25) is 0 Å². The van der Waals surface area contributed by atoms with E-state index in [1.54, 1.807) is 6.07 Å². The first kappa shape index (κ1) is 15.9. The van der Waals surface area contributed by atoms with Crippen molar-refractivity contribution in [1.82, 2.24) is 0 Å². The lowest BCUT2D eigenvalue weighted by Crippen LogP contribution is -2.08. The highest BCUT2D eigenvalue weighted by atomic mass is 16.5. The molecule has 0 atom stereocenters. The fourth-order valence-corrected chi connectivity index (χ4v) is 2.54. The Morgan fingerprint density at radius 2 is 1.71 bits per heavy atom. The molecule has 4 nitrogen and oxygen atoms in total. The lowest BCUT2D eigenvalue weighted by atomic mass is 10.0. The lowest BCUT2D eigenvalue weighted by Gasteiger charge is -2.07. The number of methoxy groups -OCH3 is 1. The number of carbonyl (C=O) groups is 1. The number of hydrogen-bond donors (Lipinski definition) is 1. The average Bonchev–Trinajstić information content (AvgIpc) is 3.11. The first-order valence-corrected chi connectivity index (χ1v) is 7.82. The molecule has 122 valence electrons. The van der Waals surface area contributed by atoms with Gasteiger partial charge in [-0.3, -0.25) is 0 Å². The van der Waals surface area contributed by atoms with Crippen LogP contribution in [0.3, 0.4) is 0 Å². The van der Waals surface area contributed by atoms with E-state index >= 15 is 0 Å². The summed E-state index contributed by atoms with van der Waals surface area (Å²) in [6.45, 7) is 0.703. The molecule has 0 aliphatic rings. The van der Waals surface area contributed by atoms with Crippen molar-refractivity contribution in [3.8, 4) is 11.1 Å². The summed E-state index contributed by atoms with van der Waals surface area (Å²) < 4.78 is 9.83. The molecule has 1 N–H and O–H groups in total. The minimum Gasteiger partial charge on any atom is -0.463 e. The summed E-state index contributed by atoms with van der Waals surface area (Å²) in [5.74, 6) is -0.272. The first-order valence-electron chi connectivity index (χ1n) is 7.82. The van der Waals surface area contributed by atoms with Crippen molar-refractivity contribution in [3.63, 3.8) is 0 Å². The highest BCUT2D eigenvalue weighted by molar-refractivity contribution is 5.92. The molecule has 2 aromatic carbocycles. The molecular formula is C20H19NO3. The fraction of sp³-hybridized carbons (Fsp3) is 0.150. The van der Waals surface area contributed by atoms with Gasteiger partial charge < -0.3 is 14.5 Å². The Bertz CT molecular complexity index is 791. The number of ether oxygens (including phenoxy) is 1. The Balaban J connectivity index is 1.58. The number of hydrogen-bond acceptors (Lipinski definition) is 4. The second-order valence-electron chi connectivity index (χ2n) is 5.39. The SMILES string of the molecule is COC(=O)c1occc1NCCc1ccc(-c2ccccc2)cc1. The number of carbonyl (C=O) groups excluding carboxylic acids is 1. The minimum absolute atomic E-state index is 0.205. The third kappa shape index (κ3) is 3.66. The average molecular weight is 321 g/mol. The number of nitrogens with one attached hydrogen (secondary N) is 1. The van der Waals surface area contributed by atoms with Gasteiger partial charge in [-0.1, -0.05) is 54.6 Å². The van der Waals surface area contributed by atoms with Crippen molar-refractivity contribution in [1.29, 1.82) is 0 Å². The van der Waals surface area contributed by atoms with Gasteiger partial charge in [-0.15, -0.1) is 0 Å². The molecule has 0 bridgehead atoms. The number of anilines is 1. The molecule has 0 aliphatic heterocycles. The Morgan fingerprint density at radius 3 is 2.42 bits per heavy atom. The van der Waals surface area contributed by atoms with Crippen molar-refractivity contribution in [2.45, 2.75) is 6.42 Å². The normalized spacial score (nSPS) is 10.4. The van der Waals surface area contributed by atoms with Gasteiger partial charge in [0.05, 0.1) is 19.1 Å². The second-order valence-corrected chi connectivity index (χ2v) is 5.39. The summed E-state index contributed by atoms with van der Waals surface area (Å²) in [5, 5.41) is 3.21. The van der Waals surface area contributed by atoms with Gasteiger partial charge in [0.1, 0.15) is 0 Å². The van der Waals surface area contributed by atoms with Crippen molar-refractivity contribution in [2.75, 3.05) is 19.0 Å². The minimum atomic E-state index is -0.477. The molecule has 0 fully saturated rings. The summed E-state index contributed by atoms with van der Waals surface area (Å²) in [6.07, 6.45) is 2.32. The highest BCUT2D eigenvalue weighted by Crippen LogP contribution is 2.20. The van der Waals surface area contributed by atoms with Gasteiger partial charge in [0.2, 0.25) is 5.76 Å². The number of rotatable bonds is 6. The van der Waals surface area contributed by atoms with Crippen molar-refractivity contribution in [2.24, 2.45) is 0 Å². The predicted molar refractivity (Wildman–Crippen MR) is 94.1 cm³/mol. The molecule has 4 heteroatoms. The van der Waals surface area contributed by atoms with Crippen molar-refractivity contribution < 1.29 is 13.9 Å². The van der Waals surface area contributed by atoms with Crippen LogP contribution in [0.4, 0.5) is 5.69 Å². The second kappa shape index (κ2) is 7.51.